The monoisotopic (exact) mass is 268 g/mol. The molecule has 1 heterocycles. The third-order valence-corrected chi connectivity index (χ3v) is 3.15. The highest BCUT2D eigenvalue weighted by Crippen LogP contribution is 2.13. The highest BCUT2D eigenvalue weighted by atomic mass is 32.2. The highest BCUT2D eigenvalue weighted by molar-refractivity contribution is 7.99. The maximum Gasteiger partial charge on any atom is 0.343 e. The Morgan fingerprint density at radius 1 is 1.67 bits per heavy atom. The summed E-state index contributed by atoms with van der Waals surface area (Å²) in [5.74, 6) is 2.34. The normalized spacial score (nSPS) is 10.0. The lowest BCUT2D eigenvalue weighted by Gasteiger charge is -2.04. The number of carbonyl (C=O) groups is 1. The molecule has 0 bridgehead atoms. The number of rotatable bonds is 7. The smallest absolute Gasteiger partial charge is 0.343 e. The van der Waals surface area contributed by atoms with Crippen molar-refractivity contribution in [1.82, 2.24) is 20.1 Å². The second kappa shape index (κ2) is 7.61. The lowest BCUT2D eigenvalue weighted by Crippen LogP contribution is -2.25. The maximum atomic E-state index is 11.5. The summed E-state index contributed by atoms with van der Waals surface area (Å²) in [5, 5.41) is 9.36. The molecule has 0 aromatic carbocycles. The summed E-state index contributed by atoms with van der Waals surface area (Å²) in [6.45, 7) is 2.87. The number of nitrogens with one attached hydrogen (secondary N) is 2. The van der Waals surface area contributed by atoms with Gasteiger partial charge in [-0.3, -0.25) is 9.36 Å². The van der Waals surface area contributed by atoms with Crippen molar-refractivity contribution >= 4 is 17.7 Å². The van der Waals surface area contributed by atoms with E-state index >= 15 is 0 Å². The van der Waals surface area contributed by atoms with Gasteiger partial charge in [0.05, 0.1) is 12.3 Å². The molecule has 1 rings (SSSR count). The van der Waals surface area contributed by atoms with E-state index in [9.17, 15) is 9.59 Å². The molecule has 0 saturated heterocycles. The summed E-state index contributed by atoms with van der Waals surface area (Å²) in [5.41, 5.74) is -0.241. The van der Waals surface area contributed by atoms with Crippen LogP contribution in [0.4, 0.5) is 0 Å². The van der Waals surface area contributed by atoms with Gasteiger partial charge in [0.25, 0.3) is 0 Å². The fourth-order valence-corrected chi connectivity index (χ4v) is 2.06. The van der Waals surface area contributed by atoms with Crippen LogP contribution in [0, 0.1) is 12.3 Å². The third-order valence-electron chi connectivity index (χ3n) is 2.18. The number of aromatic amines is 1. The average Bonchev–Trinajstić information content (AvgIpc) is 2.72. The van der Waals surface area contributed by atoms with Gasteiger partial charge >= 0.3 is 5.69 Å². The van der Waals surface area contributed by atoms with Crippen LogP contribution in [0.15, 0.2) is 9.95 Å². The van der Waals surface area contributed by atoms with Crippen LogP contribution in [0.1, 0.15) is 19.8 Å². The number of amides is 1. The first-order valence-electron chi connectivity index (χ1n) is 5.67. The van der Waals surface area contributed by atoms with Gasteiger partial charge in [0.1, 0.15) is 0 Å². The summed E-state index contributed by atoms with van der Waals surface area (Å²) >= 11 is 1.22. The minimum Gasteiger partial charge on any atom is -0.344 e. The fraction of sp³-hybridized carbons (Fsp3) is 0.545. The topological polar surface area (TPSA) is 79.8 Å². The Balaban J connectivity index is 2.54. The first-order chi connectivity index (χ1) is 8.69. The van der Waals surface area contributed by atoms with Gasteiger partial charge < -0.3 is 5.32 Å². The Labute approximate surface area is 110 Å². The van der Waals surface area contributed by atoms with Gasteiger partial charge in [-0.05, 0) is 6.42 Å². The summed E-state index contributed by atoms with van der Waals surface area (Å²) in [6, 6.07) is 0. The van der Waals surface area contributed by atoms with E-state index < -0.39 is 0 Å². The van der Waals surface area contributed by atoms with Crippen LogP contribution in [0.3, 0.4) is 0 Å². The number of hydrogen-bond acceptors (Lipinski definition) is 4. The van der Waals surface area contributed by atoms with Crippen molar-refractivity contribution in [2.45, 2.75) is 31.5 Å². The van der Waals surface area contributed by atoms with Gasteiger partial charge in [-0.2, -0.15) is 0 Å². The summed E-state index contributed by atoms with van der Waals surface area (Å²) < 4.78 is 1.54. The largest absolute Gasteiger partial charge is 0.344 e. The van der Waals surface area contributed by atoms with E-state index in [1.807, 2.05) is 6.92 Å². The molecule has 0 aliphatic heterocycles. The number of H-pyrrole nitrogens is 1. The van der Waals surface area contributed by atoms with E-state index in [1.54, 1.807) is 4.57 Å². The van der Waals surface area contributed by atoms with E-state index in [0.717, 1.165) is 12.8 Å². The first-order valence-corrected chi connectivity index (χ1v) is 6.65. The number of aromatic nitrogens is 3. The Bertz CT molecular complexity index is 486. The highest BCUT2D eigenvalue weighted by Gasteiger charge is 2.10. The van der Waals surface area contributed by atoms with Gasteiger partial charge in [-0.25, -0.2) is 9.89 Å². The van der Waals surface area contributed by atoms with E-state index in [-0.39, 0.29) is 23.9 Å². The van der Waals surface area contributed by atoms with Crippen LogP contribution >= 0.6 is 11.8 Å². The molecule has 2 N–H and O–H groups in total. The predicted octanol–water partition coefficient (Wildman–Crippen LogP) is 0.213. The molecule has 1 aromatic heterocycles. The minimum atomic E-state index is -0.241. The molecule has 7 heteroatoms. The number of carbonyl (C=O) groups excluding carboxylic acids is 1. The first kappa shape index (κ1) is 14.4. The van der Waals surface area contributed by atoms with Crippen LogP contribution in [-0.4, -0.2) is 33.0 Å². The summed E-state index contributed by atoms with van der Waals surface area (Å²) in [6.07, 6.45) is 6.92. The Kier molecular flexibility index (Phi) is 6.08. The molecule has 18 heavy (non-hydrogen) atoms. The molecule has 0 radical (unpaired) electrons. The van der Waals surface area contributed by atoms with Crippen LogP contribution in [0.25, 0.3) is 0 Å². The minimum absolute atomic E-state index is 0.171. The second-order valence-corrected chi connectivity index (χ2v) is 4.53. The molecule has 98 valence electrons. The molecule has 0 aliphatic rings. The van der Waals surface area contributed by atoms with Crippen LogP contribution in [0.5, 0.6) is 0 Å². The van der Waals surface area contributed by atoms with E-state index in [2.05, 4.69) is 21.4 Å². The van der Waals surface area contributed by atoms with Gasteiger partial charge in [-0.1, -0.05) is 31.0 Å². The molecule has 0 atom stereocenters. The summed E-state index contributed by atoms with van der Waals surface area (Å²) in [7, 11) is 0. The van der Waals surface area contributed by atoms with Crippen LogP contribution in [0.2, 0.25) is 0 Å². The number of terminal acetylenes is 1. The van der Waals surface area contributed by atoms with Crippen molar-refractivity contribution in [2.75, 3.05) is 12.3 Å². The van der Waals surface area contributed by atoms with Crippen LogP contribution in [-0.2, 0) is 11.3 Å². The van der Waals surface area contributed by atoms with Crippen molar-refractivity contribution < 1.29 is 4.79 Å². The van der Waals surface area contributed by atoms with Crippen molar-refractivity contribution in [2.24, 2.45) is 0 Å². The zero-order chi connectivity index (χ0) is 13.4. The van der Waals surface area contributed by atoms with E-state index in [1.165, 1.54) is 11.8 Å². The van der Waals surface area contributed by atoms with Crippen LogP contribution < -0.4 is 11.0 Å². The molecule has 1 aromatic rings. The molecule has 0 unspecified atom stereocenters. The van der Waals surface area contributed by atoms with Gasteiger partial charge in [0, 0.05) is 6.54 Å². The Morgan fingerprint density at radius 3 is 3.11 bits per heavy atom. The molecule has 6 nitrogen and oxygen atoms in total. The Hall–Kier alpha value is -1.68. The van der Waals surface area contributed by atoms with Crippen molar-refractivity contribution in [3.63, 3.8) is 0 Å². The van der Waals surface area contributed by atoms with Crippen molar-refractivity contribution in [3.8, 4) is 12.3 Å². The van der Waals surface area contributed by atoms with Gasteiger partial charge in [-0.15, -0.1) is 11.5 Å². The maximum absolute atomic E-state index is 11.5. The molecule has 1 amide bonds. The predicted molar refractivity (Wildman–Crippen MR) is 70.3 cm³/mol. The lowest BCUT2D eigenvalue weighted by molar-refractivity contribution is -0.118. The lowest BCUT2D eigenvalue weighted by atomic mass is 10.3. The number of nitrogens with zero attached hydrogens (tertiary/aromatic N) is 2. The molecule has 0 saturated carbocycles. The standard InChI is InChI=1S/C11H16N4O2S/c1-3-5-7-15-10(17)13-14-11(15)18-8-9(16)12-6-4-2/h2H,3,5-8H2,1H3,(H,12,16)(H,13,17). The Morgan fingerprint density at radius 2 is 2.44 bits per heavy atom. The molecular weight excluding hydrogens is 252 g/mol. The summed E-state index contributed by atoms with van der Waals surface area (Å²) in [4.78, 5) is 22.8. The average molecular weight is 268 g/mol. The molecule has 0 fully saturated rings. The van der Waals surface area contributed by atoms with E-state index in [4.69, 9.17) is 6.42 Å². The zero-order valence-electron chi connectivity index (χ0n) is 10.2. The third kappa shape index (κ3) is 4.30. The van der Waals surface area contributed by atoms with Crippen molar-refractivity contribution in [3.05, 3.63) is 10.5 Å². The van der Waals surface area contributed by atoms with E-state index in [0.29, 0.717) is 11.7 Å². The molecule has 0 aliphatic carbocycles. The van der Waals surface area contributed by atoms with Crippen molar-refractivity contribution in [1.29, 1.82) is 0 Å². The van der Waals surface area contributed by atoms with Gasteiger partial charge in [0.2, 0.25) is 5.91 Å². The molecular formula is C11H16N4O2S. The fourth-order valence-electron chi connectivity index (χ4n) is 1.26. The SMILES string of the molecule is C#CCNC(=O)CSc1n[nH]c(=O)n1CCCC. The molecule has 0 spiro atoms. The van der Waals surface area contributed by atoms with Gasteiger partial charge in [0.15, 0.2) is 5.16 Å². The number of thioether (sulfide) groups is 1. The number of unbranched alkanes of at least 4 members (excludes halogenated alkanes) is 1. The number of hydrogen-bond donors (Lipinski definition) is 2. The second-order valence-electron chi connectivity index (χ2n) is 3.59. The quantitative estimate of drug-likeness (QED) is 0.547. The zero-order valence-corrected chi connectivity index (χ0v) is 11.0.